The average Bonchev–Trinajstić information content (AvgIpc) is 3.19. The zero-order chi connectivity index (χ0) is 17.3. The molecule has 1 amide bonds. The molecule has 3 aromatic rings. The predicted molar refractivity (Wildman–Crippen MR) is 106 cm³/mol. The number of rotatable bonds is 5. The zero-order valence-corrected chi connectivity index (χ0v) is 15.9. The molecule has 6 heteroatoms. The van der Waals surface area contributed by atoms with Crippen LogP contribution in [0.4, 0.5) is 0 Å². The van der Waals surface area contributed by atoms with Crippen LogP contribution < -0.4 is 10.6 Å². The van der Waals surface area contributed by atoms with E-state index in [-0.39, 0.29) is 11.3 Å². The number of fused-ring (bicyclic) bond motifs is 3. The van der Waals surface area contributed by atoms with Crippen LogP contribution in [0.2, 0.25) is 0 Å². The van der Waals surface area contributed by atoms with E-state index in [9.17, 15) is 4.79 Å². The number of carbonyl (C=O) groups excluding carboxylic acids is 1. The standard InChI is InChI=1S/C19H22N2O2S2/c1-23-12-19(6-8-20-9-7-19)11-21-18(22)16-10-15-17(25-16)13-4-2-3-5-14(13)24-15/h2-5,10,20H,6-9,11-12H2,1H3,(H,21,22). The van der Waals surface area contributed by atoms with E-state index in [2.05, 4.69) is 34.9 Å². The van der Waals surface area contributed by atoms with E-state index in [0.717, 1.165) is 30.8 Å². The van der Waals surface area contributed by atoms with Gasteiger partial charge in [-0.05, 0) is 38.1 Å². The largest absolute Gasteiger partial charge is 0.384 e. The van der Waals surface area contributed by atoms with Crippen molar-refractivity contribution in [3.8, 4) is 0 Å². The highest BCUT2D eigenvalue weighted by molar-refractivity contribution is 7.33. The van der Waals surface area contributed by atoms with Gasteiger partial charge < -0.3 is 15.4 Å². The van der Waals surface area contributed by atoms with Crippen LogP contribution in [0, 0.1) is 5.41 Å². The van der Waals surface area contributed by atoms with Crippen LogP contribution in [-0.4, -0.2) is 39.3 Å². The molecule has 1 aliphatic rings. The summed E-state index contributed by atoms with van der Waals surface area (Å²) >= 11 is 3.35. The lowest BCUT2D eigenvalue weighted by Gasteiger charge is -2.37. The van der Waals surface area contributed by atoms with Crippen molar-refractivity contribution in [3.63, 3.8) is 0 Å². The summed E-state index contributed by atoms with van der Waals surface area (Å²) < 4.78 is 9.13. The van der Waals surface area contributed by atoms with E-state index in [1.54, 1.807) is 29.8 Å². The topological polar surface area (TPSA) is 50.4 Å². The first-order valence-corrected chi connectivity index (χ1v) is 10.2. The Bertz CT molecular complexity index is 888. The summed E-state index contributed by atoms with van der Waals surface area (Å²) in [7, 11) is 1.74. The number of ether oxygens (including phenoxy) is 1. The van der Waals surface area contributed by atoms with Crippen LogP contribution in [0.3, 0.4) is 0 Å². The Morgan fingerprint density at radius 2 is 2.04 bits per heavy atom. The minimum atomic E-state index is 0.0338. The Labute approximate surface area is 155 Å². The van der Waals surface area contributed by atoms with Crippen molar-refractivity contribution in [3.05, 3.63) is 35.2 Å². The first kappa shape index (κ1) is 17.0. The highest BCUT2D eigenvalue weighted by Gasteiger charge is 2.32. The van der Waals surface area contributed by atoms with Gasteiger partial charge in [-0.15, -0.1) is 22.7 Å². The van der Waals surface area contributed by atoms with Crippen LogP contribution in [0.1, 0.15) is 22.5 Å². The molecule has 25 heavy (non-hydrogen) atoms. The summed E-state index contributed by atoms with van der Waals surface area (Å²) in [6, 6.07) is 10.4. The van der Waals surface area contributed by atoms with Gasteiger partial charge in [-0.2, -0.15) is 0 Å². The van der Waals surface area contributed by atoms with Crippen molar-refractivity contribution in [1.82, 2.24) is 10.6 Å². The summed E-state index contributed by atoms with van der Waals surface area (Å²) in [4.78, 5) is 13.5. The molecule has 0 bridgehead atoms. The van der Waals surface area contributed by atoms with Gasteiger partial charge in [0.1, 0.15) is 0 Å². The number of hydrogen-bond donors (Lipinski definition) is 2. The van der Waals surface area contributed by atoms with Gasteiger partial charge in [-0.3, -0.25) is 4.79 Å². The molecule has 0 radical (unpaired) electrons. The van der Waals surface area contributed by atoms with Gasteiger partial charge in [0.05, 0.1) is 16.2 Å². The monoisotopic (exact) mass is 374 g/mol. The minimum absolute atomic E-state index is 0.0338. The van der Waals surface area contributed by atoms with Crippen molar-refractivity contribution in [2.24, 2.45) is 5.41 Å². The molecule has 1 saturated heterocycles. The van der Waals surface area contributed by atoms with Crippen molar-refractivity contribution in [2.45, 2.75) is 12.8 Å². The minimum Gasteiger partial charge on any atom is -0.384 e. The Kier molecular flexibility index (Phi) is 4.78. The molecular formula is C19H22N2O2S2. The fraction of sp³-hybridized carbons (Fsp3) is 0.421. The lowest BCUT2D eigenvalue weighted by atomic mass is 9.79. The second-order valence-corrected chi connectivity index (χ2v) is 8.90. The molecule has 0 saturated carbocycles. The summed E-state index contributed by atoms with van der Waals surface area (Å²) in [5.74, 6) is 0.0338. The van der Waals surface area contributed by atoms with Crippen LogP contribution >= 0.6 is 22.7 Å². The number of piperidine rings is 1. The number of carbonyl (C=O) groups is 1. The molecule has 132 valence electrons. The van der Waals surface area contributed by atoms with E-state index in [1.165, 1.54) is 19.5 Å². The molecule has 2 N–H and O–H groups in total. The highest BCUT2D eigenvalue weighted by Crippen LogP contribution is 2.39. The van der Waals surface area contributed by atoms with Gasteiger partial charge in [0.2, 0.25) is 0 Å². The zero-order valence-electron chi connectivity index (χ0n) is 14.3. The van der Waals surface area contributed by atoms with Gasteiger partial charge >= 0.3 is 0 Å². The second-order valence-electron chi connectivity index (χ2n) is 6.77. The van der Waals surface area contributed by atoms with E-state index in [0.29, 0.717) is 13.2 Å². The summed E-state index contributed by atoms with van der Waals surface area (Å²) in [6.45, 7) is 3.34. The summed E-state index contributed by atoms with van der Waals surface area (Å²) in [5.41, 5.74) is 0.0526. The maximum absolute atomic E-state index is 12.7. The van der Waals surface area contributed by atoms with Gasteiger partial charge in [0, 0.05) is 33.9 Å². The molecule has 3 heterocycles. The highest BCUT2D eigenvalue weighted by atomic mass is 32.1. The van der Waals surface area contributed by atoms with Gasteiger partial charge in [0.25, 0.3) is 5.91 Å². The lowest BCUT2D eigenvalue weighted by Crippen LogP contribution is -2.47. The van der Waals surface area contributed by atoms with E-state index in [1.807, 2.05) is 6.07 Å². The number of thiophene rings is 2. The van der Waals surface area contributed by atoms with E-state index >= 15 is 0 Å². The van der Waals surface area contributed by atoms with Crippen LogP contribution in [0.15, 0.2) is 30.3 Å². The normalized spacial score (nSPS) is 17.2. The molecule has 2 aromatic heterocycles. The van der Waals surface area contributed by atoms with Crippen molar-refractivity contribution in [2.75, 3.05) is 33.4 Å². The Hall–Kier alpha value is -1.47. The third kappa shape index (κ3) is 3.31. The van der Waals surface area contributed by atoms with Crippen LogP contribution in [0.25, 0.3) is 19.5 Å². The smallest absolute Gasteiger partial charge is 0.261 e. The Morgan fingerprint density at radius 1 is 1.24 bits per heavy atom. The third-order valence-electron chi connectivity index (χ3n) is 5.01. The fourth-order valence-electron chi connectivity index (χ4n) is 3.60. The summed E-state index contributed by atoms with van der Waals surface area (Å²) in [5, 5.41) is 7.80. The van der Waals surface area contributed by atoms with E-state index < -0.39 is 0 Å². The average molecular weight is 375 g/mol. The van der Waals surface area contributed by atoms with Crippen molar-refractivity contribution < 1.29 is 9.53 Å². The molecule has 4 rings (SSSR count). The molecule has 1 fully saturated rings. The first-order valence-electron chi connectivity index (χ1n) is 8.60. The SMILES string of the molecule is COCC1(CNC(=O)c2cc3sc4ccccc4c3s2)CCNCC1. The van der Waals surface area contributed by atoms with Gasteiger partial charge in [0.15, 0.2) is 0 Å². The Balaban J connectivity index is 1.51. The molecule has 0 atom stereocenters. The lowest BCUT2D eigenvalue weighted by molar-refractivity contribution is 0.0512. The van der Waals surface area contributed by atoms with Crippen LogP contribution in [-0.2, 0) is 4.74 Å². The van der Waals surface area contributed by atoms with Gasteiger partial charge in [-0.1, -0.05) is 18.2 Å². The predicted octanol–water partition coefficient (Wildman–Crippen LogP) is 3.86. The van der Waals surface area contributed by atoms with Crippen LogP contribution in [0.5, 0.6) is 0 Å². The number of benzene rings is 1. The summed E-state index contributed by atoms with van der Waals surface area (Å²) in [6.07, 6.45) is 2.07. The molecule has 0 spiro atoms. The number of nitrogens with one attached hydrogen (secondary N) is 2. The van der Waals surface area contributed by atoms with E-state index in [4.69, 9.17) is 4.74 Å². The number of methoxy groups -OCH3 is 1. The maximum Gasteiger partial charge on any atom is 0.261 e. The molecule has 0 aliphatic carbocycles. The second kappa shape index (κ2) is 7.03. The molecule has 1 aromatic carbocycles. The van der Waals surface area contributed by atoms with Crippen molar-refractivity contribution in [1.29, 1.82) is 0 Å². The first-order chi connectivity index (χ1) is 12.2. The molecule has 1 aliphatic heterocycles. The fourth-order valence-corrected chi connectivity index (χ4v) is 6.04. The quantitative estimate of drug-likeness (QED) is 0.713. The van der Waals surface area contributed by atoms with Crippen molar-refractivity contribution >= 4 is 48.1 Å². The number of hydrogen-bond acceptors (Lipinski definition) is 5. The van der Waals surface area contributed by atoms with Gasteiger partial charge in [-0.25, -0.2) is 0 Å². The Morgan fingerprint density at radius 3 is 2.84 bits per heavy atom. The molecular weight excluding hydrogens is 352 g/mol. The third-order valence-corrected chi connectivity index (χ3v) is 7.43. The number of amides is 1. The molecule has 0 unspecified atom stereocenters. The molecule has 4 nitrogen and oxygen atoms in total. The maximum atomic E-state index is 12.7.